The van der Waals surface area contributed by atoms with E-state index in [9.17, 15) is 4.79 Å². The first-order valence-corrected chi connectivity index (χ1v) is 7.91. The van der Waals surface area contributed by atoms with Crippen molar-refractivity contribution in [3.8, 4) is 0 Å². The normalized spacial score (nSPS) is 19.7. The number of carbonyl (C=O) groups excluding carboxylic acids is 1. The molecule has 1 aromatic rings. The minimum Gasteiger partial charge on any atom is -0.382 e. The van der Waals surface area contributed by atoms with Gasteiger partial charge < -0.3 is 19.9 Å². The molecule has 1 aliphatic rings. The summed E-state index contributed by atoms with van der Waals surface area (Å²) in [5, 5.41) is 3.08. The minimum atomic E-state index is -0.937. The number of ether oxygens (including phenoxy) is 3. The van der Waals surface area contributed by atoms with Gasteiger partial charge in [0.15, 0.2) is 0 Å². The molecule has 0 aromatic carbocycles. The summed E-state index contributed by atoms with van der Waals surface area (Å²) in [4.78, 5) is 15.6. The van der Waals surface area contributed by atoms with Crippen molar-refractivity contribution in [2.45, 2.75) is 12.0 Å². The van der Waals surface area contributed by atoms with E-state index in [4.69, 9.17) is 19.9 Å². The van der Waals surface area contributed by atoms with Crippen molar-refractivity contribution in [3.63, 3.8) is 0 Å². The average molecular weight is 340 g/mol. The number of aromatic nitrogens is 1. The number of methoxy groups -OCH3 is 1. The second-order valence-electron chi connectivity index (χ2n) is 4.76. The number of rotatable bonds is 9. The largest absolute Gasteiger partial charge is 0.382 e. The van der Waals surface area contributed by atoms with Gasteiger partial charge in [-0.1, -0.05) is 0 Å². The highest BCUT2D eigenvalue weighted by Crippen LogP contribution is 2.38. The summed E-state index contributed by atoms with van der Waals surface area (Å²) in [6.45, 7) is 3.62. The number of nitrogens with zero attached hydrogens (tertiary/aromatic N) is 2. The number of nitrogens with one attached hydrogen (secondary N) is 1. The number of hydrogen-bond donors (Lipinski definition) is 2. The molecule has 8 nitrogen and oxygen atoms in total. The van der Waals surface area contributed by atoms with E-state index in [0.717, 1.165) is 5.69 Å². The molecule has 23 heavy (non-hydrogen) atoms. The first kappa shape index (κ1) is 17.7. The van der Waals surface area contributed by atoms with Crippen molar-refractivity contribution in [3.05, 3.63) is 29.1 Å². The third-order valence-electron chi connectivity index (χ3n) is 3.17. The van der Waals surface area contributed by atoms with Crippen LogP contribution < -0.4 is 11.2 Å². The van der Waals surface area contributed by atoms with Crippen LogP contribution in [0.5, 0.6) is 0 Å². The molecule has 0 saturated carbocycles. The van der Waals surface area contributed by atoms with Gasteiger partial charge in [0.05, 0.1) is 37.5 Å². The third kappa shape index (κ3) is 4.41. The molecule has 1 amide bonds. The summed E-state index contributed by atoms with van der Waals surface area (Å²) in [6.07, 6.45) is 1.45. The predicted octanol–water partition coefficient (Wildman–Crippen LogP) is 0.559. The zero-order chi connectivity index (χ0) is 16.7. The lowest BCUT2D eigenvalue weighted by Gasteiger charge is -2.29. The standard InChI is InChI=1S/C14H20N4O4S/c1-10-12(7-11(8-16-10)13(15)19)14(18-17-9-23-14)22-6-5-21-4-3-20-2/h7-9,18H,3-6H2,1-2H3,(H2,15,19). The average Bonchev–Trinajstić information content (AvgIpc) is 3.01. The summed E-state index contributed by atoms with van der Waals surface area (Å²) in [5.41, 5.74) is 11.7. The molecule has 2 rings (SSSR count). The van der Waals surface area contributed by atoms with Gasteiger partial charge in [-0.25, -0.2) is 0 Å². The van der Waals surface area contributed by atoms with Crippen LogP contribution in [0.25, 0.3) is 0 Å². The quantitative estimate of drug-likeness (QED) is 0.632. The molecule has 1 aromatic heterocycles. The van der Waals surface area contributed by atoms with Crippen LogP contribution in [0.1, 0.15) is 21.6 Å². The number of hydrazone groups is 1. The van der Waals surface area contributed by atoms with Crippen LogP contribution in [0.15, 0.2) is 17.4 Å². The first-order valence-electron chi connectivity index (χ1n) is 7.03. The summed E-state index contributed by atoms with van der Waals surface area (Å²) < 4.78 is 16.2. The number of primary amides is 1. The zero-order valence-corrected chi connectivity index (χ0v) is 13.9. The first-order chi connectivity index (χ1) is 11.1. The van der Waals surface area contributed by atoms with E-state index in [1.807, 2.05) is 6.92 Å². The number of thioether (sulfide) groups is 1. The summed E-state index contributed by atoms with van der Waals surface area (Å²) in [6, 6.07) is 1.67. The molecule has 0 aliphatic carbocycles. The lowest BCUT2D eigenvalue weighted by atomic mass is 10.1. The van der Waals surface area contributed by atoms with E-state index >= 15 is 0 Å². The van der Waals surface area contributed by atoms with Crippen LogP contribution in [0.3, 0.4) is 0 Å². The number of carbonyl (C=O) groups is 1. The molecule has 126 valence electrons. The van der Waals surface area contributed by atoms with Crippen molar-refractivity contribution in [2.24, 2.45) is 10.8 Å². The SMILES string of the molecule is COCCOCCOC1(c2cc(C(N)=O)cnc2C)NN=CS1. The van der Waals surface area contributed by atoms with Gasteiger partial charge in [-0.15, -0.1) is 0 Å². The van der Waals surface area contributed by atoms with Crippen molar-refractivity contribution in [1.82, 2.24) is 10.4 Å². The highest BCUT2D eigenvalue weighted by molar-refractivity contribution is 8.12. The van der Waals surface area contributed by atoms with Gasteiger partial charge >= 0.3 is 0 Å². The molecule has 0 bridgehead atoms. The predicted molar refractivity (Wildman–Crippen MR) is 87.0 cm³/mol. The number of amides is 1. The smallest absolute Gasteiger partial charge is 0.250 e. The van der Waals surface area contributed by atoms with Crippen LogP contribution in [0.2, 0.25) is 0 Å². The number of hydrogen-bond acceptors (Lipinski definition) is 8. The fraction of sp³-hybridized carbons (Fsp3) is 0.500. The van der Waals surface area contributed by atoms with Gasteiger partial charge in [-0.3, -0.25) is 15.2 Å². The van der Waals surface area contributed by atoms with Crippen LogP contribution in [-0.2, 0) is 19.3 Å². The molecule has 0 radical (unpaired) electrons. The van der Waals surface area contributed by atoms with Crippen molar-refractivity contribution >= 4 is 23.2 Å². The molecule has 3 N–H and O–H groups in total. The lowest BCUT2D eigenvalue weighted by molar-refractivity contribution is -0.0376. The molecule has 0 spiro atoms. The van der Waals surface area contributed by atoms with Crippen LogP contribution in [0.4, 0.5) is 0 Å². The molecular weight excluding hydrogens is 320 g/mol. The maximum Gasteiger partial charge on any atom is 0.250 e. The fourth-order valence-electron chi connectivity index (χ4n) is 2.00. The molecule has 9 heteroatoms. The van der Waals surface area contributed by atoms with Crippen LogP contribution >= 0.6 is 11.8 Å². The van der Waals surface area contributed by atoms with E-state index in [-0.39, 0.29) is 0 Å². The number of pyridine rings is 1. The Balaban J connectivity index is 2.08. The Hall–Kier alpha value is -1.68. The minimum absolute atomic E-state index is 0.319. The van der Waals surface area contributed by atoms with Gasteiger partial charge in [-0.05, 0) is 24.8 Å². The fourth-order valence-corrected chi connectivity index (χ4v) is 2.84. The summed E-state index contributed by atoms with van der Waals surface area (Å²) >= 11 is 1.35. The van der Waals surface area contributed by atoms with E-state index in [1.54, 1.807) is 18.7 Å². The lowest BCUT2D eigenvalue weighted by Crippen LogP contribution is -2.38. The van der Waals surface area contributed by atoms with Gasteiger partial charge in [0.2, 0.25) is 11.0 Å². The number of aryl methyl sites for hydroxylation is 1. The molecular formula is C14H20N4O4S. The van der Waals surface area contributed by atoms with Gasteiger partial charge in [-0.2, -0.15) is 5.10 Å². The van der Waals surface area contributed by atoms with E-state index < -0.39 is 11.0 Å². The van der Waals surface area contributed by atoms with Gasteiger partial charge in [0, 0.05) is 24.6 Å². The van der Waals surface area contributed by atoms with E-state index in [0.29, 0.717) is 37.6 Å². The highest BCUT2D eigenvalue weighted by Gasteiger charge is 2.38. The monoisotopic (exact) mass is 340 g/mol. The Kier molecular flexibility index (Phi) is 6.34. The second kappa shape index (κ2) is 8.25. The molecule has 1 unspecified atom stereocenters. The van der Waals surface area contributed by atoms with Crippen molar-refractivity contribution in [1.29, 1.82) is 0 Å². The van der Waals surface area contributed by atoms with E-state index in [1.165, 1.54) is 18.0 Å². The molecule has 1 aliphatic heterocycles. The van der Waals surface area contributed by atoms with E-state index in [2.05, 4.69) is 15.5 Å². The molecule has 0 saturated heterocycles. The summed E-state index contributed by atoms with van der Waals surface area (Å²) in [5.74, 6) is -0.541. The van der Waals surface area contributed by atoms with Crippen molar-refractivity contribution < 1.29 is 19.0 Å². The zero-order valence-electron chi connectivity index (χ0n) is 13.1. The second-order valence-corrected chi connectivity index (χ2v) is 5.78. The maximum absolute atomic E-state index is 11.4. The van der Waals surface area contributed by atoms with Crippen molar-refractivity contribution in [2.75, 3.05) is 33.5 Å². The van der Waals surface area contributed by atoms with Gasteiger partial charge in [0.1, 0.15) is 0 Å². The Morgan fingerprint density at radius 3 is 2.83 bits per heavy atom. The Morgan fingerprint density at radius 2 is 2.17 bits per heavy atom. The maximum atomic E-state index is 11.4. The third-order valence-corrected chi connectivity index (χ3v) is 4.15. The van der Waals surface area contributed by atoms with Gasteiger partial charge in [0.25, 0.3) is 0 Å². The molecule has 2 heterocycles. The Labute approximate surface area is 138 Å². The topological polar surface area (TPSA) is 108 Å². The highest BCUT2D eigenvalue weighted by atomic mass is 32.2. The molecule has 0 fully saturated rings. The van der Waals surface area contributed by atoms with Crippen LogP contribution in [0, 0.1) is 6.92 Å². The van der Waals surface area contributed by atoms with Crippen LogP contribution in [-0.4, -0.2) is 50.0 Å². The Bertz CT molecular complexity index is 574. The molecule has 1 atom stereocenters. The Morgan fingerprint density at radius 1 is 1.39 bits per heavy atom. The number of nitrogens with two attached hydrogens (primary N) is 1. The summed E-state index contributed by atoms with van der Waals surface area (Å²) in [7, 11) is 1.62.